The minimum Gasteiger partial charge on any atom is -0.329 e. The van der Waals surface area contributed by atoms with Crippen LogP contribution < -0.4 is 14.7 Å². The first kappa shape index (κ1) is 28.2. The Hall–Kier alpha value is -6.04. The summed E-state index contributed by atoms with van der Waals surface area (Å²) >= 11 is 0. The number of nitrogens with zero attached hydrogens (tertiary/aromatic N) is 4. The van der Waals surface area contributed by atoms with E-state index in [0.29, 0.717) is 22.5 Å². The second-order valence-corrected chi connectivity index (χ2v) is 12.6. The Kier molecular flexibility index (Phi) is 5.45. The van der Waals surface area contributed by atoms with Gasteiger partial charge in [0.2, 0.25) is 23.6 Å². The van der Waals surface area contributed by atoms with Gasteiger partial charge in [-0.1, -0.05) is 36.4 Å². The Morgan fingerprint density at radius 3 is 1.54 bits per heavy atom. The number of para-hydroxylation sites is 2. The maximum absolute atomic E-state index is 14.9. The van der Waals surface area contributed by atoms with Crippen molar-refractivity contribution >= 4 is 52.0 Å². The minimum atomic E-state index is -2.52. The number of benzene rings is 4. The molecule has 6 atom stereocenters. The van der Waals surface area contributed by atoms with E-state index in [9.17, 15) is 38.1 Å². The standard InChI is InChI=1S/C36H22F2N4O6/c37-19-10-14-21(15-11-19)39-31(43)27-29(33(39)45)36-25(24-8-4-5-9-26(24)41(36)23-6-2-1-3-7-23)18-35(27,42(47)48)28-30(36)34(46)40(32(28)44)22-16-12-20(38)13-17-22/h1-18,27-30H/t27-,28+,29+,30-,35?,36?. The lowest BCUT2D eigenvalue weighted by Gasteiger charge is -2.58. The number of hydrogen-bond acceptors (Lipinski definition) is 7. The zero-order chi connectivity index (χ0) is 33.3. The highest BCUT2D eigenvalue weighted by Crippen LogP contribution is 2.73. The summed E-state index contributed by atoms with van der Waals surface area (Å²) in [6.07, 6.45) is 1.33. The summed E-state index contributed by atoms with van der Waals surface area (Å²) in [5.41, 5.74) is -2.40. The molecule has 3 fully saturated rings. The number of imide groups is 2. The number of nitro groups is 1. The van der Waals surface area contributed by atoms with Gasteiger partial charge in [0, 0.05) is 21.9 Å². The first-order chi connectivity index (χ1) is 23.1. The molecular weight excluding hydrogens is 622 g/mol. The van der Waals surface area contributed by atoms with Crippen molar-refractivity contribution in [3.8, 4) is 0 Å². The molecule has 12 heteroatoms. The average molecular weight is 645 g/mol. The molecule has 3 aliphatic carbocycles. The van der Waals surface area contributed by atoms with Gasteiger partial charge in [-0.3, -0.25) is 29.3 Å². The Bertz CT molecular complexity index is 2080. The molecule has 6 aliphatic rings. The molecule has 2 unspecified atom stereocenters. The van der Waals surface area contributed by atoms with E-state index in [-0.39, 0.29) is 11.4 Å². The fraction of sp³-hybridized carbons (Fsp3) is 0.167. The molecule has 236 valence electrons. The molecule has 4 aromatic rings. The Morgan fingerprint density at radius 1 is 0.583 bits per heavy atom. The zero-order valence-electron chi connectivity index (χ0n) is 24.7. The minimum absolute atomic E-state index is 0.00849. The van der Waals surface area contributed by atoms with Gasteiger partial charge in [-0.25, -0.2) is 18.6 Å². The normalized spacial score (nSPS) is 29.5. The molecule has 4 amide bonds. The van der Waals surface area contributed by atoms with Gasteiger partial charge in [-0.05, 0) is 78.4 Å². The summed E-state index contributed by atoms with van der Waals surface area (Å²) in [5.74, 6) is -11.1. The molecule has 2 saturated heterocycles. The van der Waals surface area contributed by atoms with Gasteiger partial charge in [-0.2, -0.15) is 0 Å². The SMILES string of the molecule is O=C1[C@@H]2[C@H](C(=O)N1c1ccc(F)cc1)C1([N+](=O)[O-])C=C3c4ccccc4N(c4ccccc4)C32[C@H]2C(=O)N(c3ccc(F)cc3)C(=O)[C@H]21. The molecule has 2 bridgehead atoms. The molecule has 1 spiro atoms. The van der Waals surface area contributed by atoms with E-state index in [0.717, 1.165) is 34.1 Å². The van der Waals surface area contributed by atoms with Gasteiger partial charge in [0.1, 0.15) is 23.5 Å². The van der Waals surface area contributed by atoms with E-state index < -0.39 is 74.9 Å². The summed E-state index contributed by atoms with van der Waals surface area (Å²) in [6.45, 7) is 0. The number of hydrogen-bond donors (Lipinski definition) is 0. The quantitative estimate of drug-likeness (QED) is 0.176. The largest absolute Gasteiger partial charge is 0.329 e. The summed E-state index contributed by atoms with van der Waals surface area (Å²) in [7, 11) is 0. The van der Waals surface area contributed by atoms with Gasteiger partial charge < -0.3 is 4.90 Å². The molecule has 0 aromatic heterocycles. The van der Waals surface area contributed by atoms with Crippen LogP contribution in [0, 0.1) is 45.4 Å². The van der Waals surface area contributed by atoms with Crippen molar-refractivity contribution in [2.45, 2.75) is 11.1 Å². The molecule has 3 aliphatic heterocycles. The third-order valence-electron chi connectivity index (χ3n) is 10.7. The van der Waals surface area contributed by atoms with Crippen molar-refractivity contribution < 1.29 is 32.9 Å². The van der Waals surface area contributed by atoms with Crippen molar-refractivity contribution in [3.63, 3.8) is 0 Å². The number of carbonyl (C=O) groups excluding carboxylic acids is 4. The van der Waals surface area contributed by atoms with E-state index in [1.807, 2.05) is 0 Å². The lowest BCUT2D eigenvalue weighted by atomic mass is 9.44. The van der Waals surface area contributed by atoms with Gasteiger partial charge in [0.25, 0.3) is 5.54 Å². The van der Waals surface area contributed by atoms with Crippen LogP contribution in [-0.2, 0) is 19.2 Å². The highest BCUT2D eigenvalue weighted by atomic mass is 19.1. The van der Waals surface area contributed by atoms with E-state index in [1.54, 1.807) is 59.5 Å². The van der Waals surface area contributed by atoms with E-state index in [2.05, 4.69) is 0 Å². The molecule has 10 nitrogen and oxygen atoms in total. The van der Waals surface area contributed by atoms with E-state index >= 15 is 0 Å². The molecule has 48 heavy (non-hydrogen) atoms. The summed E-state index contributed by atoms with van der Waals surface area (Å²) < 4.78 is 28.0. The maximum Gasteiger partial charge on any atom is 0.265 e. The molecular formula is C36H22F2N4O6. The monoisotopic (exact) mass is 644 g/mol. The Labute approximate surface area is 270 Å². The third kappa shape index (κ3) is 3.10. The first-order valence-corrected chi connectivity index (χ1v) is 15.2. The second-order valence-electron chi connectivity index (χ2n) is 12.6. The average Bonchev–Trinajstić information content (AvgIpc) is 3.65. The molecule has 4 aromatic carbocycles. The van der Waals surface area contributed by atoms with E-state index in [4.69, 9.17) is 0 Å². The third-order valence-corrected chi connectivity index (χ3v) is 10.7. The van der Waals surface area contributed by atoms with Crippen LogP contribution in [0.4, 0.5) is 31.5 Å². The van der Waals surface area contributed by atoms with Gasteiger partial charge in [-0.15, -0.1) is 0 Å². The van der Waals surface area contributed by atoms with Crippen molar-refractivity contribution in [2.75, 3.05) is 14.7 Å². The molecule has 0 N–H and O–H groups in total. The second kappa shape index (κ2) is 9.28. The van der Waals surface area contributed by atoms with Crippen molar-refractivity contribution in [1.82, 2.24) is 0 Å². The Morgan fingerprint density at radius 2 is 1.04 bits per heavy atom. The lowest BCUT2D eigenvalue weighted by Crippen LogP contribution is -2.76. The van der Waals surface area contributed by atoms with Gasteiger partial charge in [0.15, 0.2) is 0 Å². The van der Waals surface area contributed by atoms with Crippen LogP contribution in [0.25, 0.3) is 5.57 Å². The highest BCUT2D eigenvalue weighted by molar-refractivity contribution is 6.30. The van der Waals surface area contributed by atoms with Crippen molar-refractivity contribution in [2.24, 2.45) is 23.7 Å². The van der Waals surface area contributed by atoms with Crippen LogP contribution >= 0.6 is 0 Å². The van der Waals surface area contributed by atoms with Gasteiger partial charge in [0.05, 0.1) is 28.7 Å². The first-order valence-electron chi connectivity index (χ1n) is 15.2. The molecule has 3 heterocycles. The summed E-state index contributed by atoms with van der Waals surface area (Å²) in [4.78, 5) is 75.4. The van der Waals surface area contributed by atoms with Crippen LogP contribution in [0.15, 0.2) is 109 Å². The van der Waals surface area contributed by atoms with Crippen molar-refractivity contribution in [3.05, 3.63) is 137 Å². The summed E-state index contributed by atoms with van der Waals surface area (Å²) in [5, 5.41) is 13.6. The lowest BCUT2D eigenvalue weighted by molar-refractivity contribution is -0.577. The number of rotatable bonds is 4. The number of halogens is 2. The fourth-order valence-corrected chi connectivity index (χ4v) is 9.09. The van der Waals surface area contributed by atoms with Crippen LogP contribution in [-0.4, -0.2) is 39.6 Å². The predicted molar refractivity (Wildman–Crippen MR) is 167 cm³/mol. The summed E-state index contributed by atoms with van der Waals surface area (Å²) in [6, 6.07) is 25.1. The van der Waals surface area contributed by atoms with Crippen LogP contribution in [0.3, 0.4) is 0 Å². The number of fused-ring (bicyclic) bond motifs is 1. The highest BCUT2D eigenvalue weighted by Gasteiger charge is 2.88. The number of carbonyl (C=O) groups is 4. The van der Waals surface area contributed by atoms with Crippen LogP contribution in [0.1, 0.15) is 5.56 Å². The number of amides is 4. The maximum atomic E-state index is 14.9. The smallest absolute Gasteiger partial charge is 0.265 e. The number of anilines is 4. The molecule has 1 saturated carbocycles. The van der Waals surface area contributed by atoms with Crippen molar-refractivity contribution in [1.29, 1.82) is 0 Å². The van der Waals surface area contributed by atoms with Gasteiger partial charge >= 0.3 is 0 Å². The topological polar surface area (TPSA) is 121 Å². The van der Waals surface area contributed by atoms with Crippen LogP contribution in [0.5, 0.6) is 0 Å². The molecule has 0 radical (unpaired) electrons. The van der Waals surface area contributed by atoms with E-state index in [1.165, 1.54) is 30.3 Å². The molecule has 10 rings (SSSR count). The Balaban J connectivity index is 1.39. The van der Waals surface area contributed by atoms with Crippen LogP contribution in [0.2, 0.25) is 0 Å². The zero-order valence-corrected chi connectivity index (χ0v) is 24.7. The predicted octanol–water partition coefficient (Wildman–Crippen LogP) is 4.89. The fourth-order valence-electron chi connectivity index (χ4n) is 9.09.